The summed E-state index contributed by atoms with van der Waals surface area (Å²) in [5.41, 5.74) is 6.67. The largest absolute Gasteiger partial charge is 0.505 e. The van der Waals surface area contributed by atoms with Gasteiger partial charge in [0.15, 0.2) is 5.75 Å². The average molecular weight is 397 g/mol. The summed E-state index contributed by atoms with van der Waals surface area (Å²) in [4.78, 5) is 13.0. The summed E-state index contributed by atoms with van der Waals surface area (Å²) < 4.78 is 1.30. The van der Waals surface area contributed by atoms with Gasteiger partial charge in [0.2, 0.25) is 0 Å². The highest BCUT2D eigenvalue weighted by molar-refractivity contribution is 6.30. The van der Waals surface area contributed by atoms with E-state index in [9.17, 15) is 9.90 Å². The van der Waals surface area contributed by atoms with E-state index in [2.05, 4.69) is 31.9 Å². The molecule has 0 unspecified atom stereocenters. The number of hydrogen-bond donors (Lipinski definition) is 1. The third-order valence-corrected chi connectivity index (χ3v) is 5.47. The third kappa shape index (κ3) is 3.33. The number of aryl methyl sites for hydroxylation is 4. The van der Waals surface area contributed by atoms with Gasteiger partial charge in [0.25, 0.3) is 5.56 Å². The van der Waals surface area contributed by atoms with Crippen LogP contribution in [0, 0.1) is 13.8 Å². The molecule has 1 aromatic heterocycles. The van der Waals surface area contributed by atoms with Gasteiger partial charge < -0.3 is 5.11 Å². The summed E-state index contributed by atoms with van der Waals surface area (Å²) >= 11 is 6.08. The van der Waals surface area contributed by atoms with Gasteiger partial charge in [-0.1, -0.05) is 43.6 Å². The maximum atomic E-state index is 13.0. The van der Waals surface area contributed by atoms with Crippen LogP contribution in [-0.4, -0.2) is 14.9 Å². The molecule has 0 aliphatic rings. The highest BCUT2D eigenvalue weighted by Gasteiger charge is 2.23. The molecule has 3 aromatic rings. The normalized spacial score (nSPS) is 11.1. The van der Waals surface area contributed by atoms with Crippen LogP contribution in [0.15, 0.2) is 35.1 Å². The van der Waals surface area contributed by atoms with Crippen LogP contribution in [0.25, 0.3) is 22.3 Å². The molecule has 28 heavy (non-hydrogen) atoms. The molecule has 5 heteroatoms. The molecule has 4 nitrogen and oxygen atoms in total. The molecule has 0 amide bonds. The minimum absolute atomic E-state index is 0.0431. The molecular formula is C23H25ClN2O2. The Kier molecular flexibility index (Phi) is 5.61. The van der Waals surface area contributed by atoms with Crippen molar-refractivity contribution in [2.45, 2.75) is 40.5 Å². The molecule has 0 saturated carbocycles. The van der Waals surface area contributed by atoms with E-state index in [1.54, 1.807) is 14.0 Å². The summed E-state index contributed by atoms with van der Waals surface area (Å²) in [6.45, 7) is 7.94. The number of aromatic nitrogens is 2. The van der Waals surface area contributed by atoms with Crippen molar-refractivity contribution in [2.24, 2.45) is 7.05 Å². The van der Waals surface area contributed by atoms with Gasteiger partial charge in [0.1, 0.15) is 5.69 Å². The molecule has 0 aliphatic heterocycles. The second kappa shape index (κ2) is 7.80. The molecule has 0 atom stereocenters. The zero-order chi connectivity index (χ0) is 20.6. The Morgan fingerprint density at radius 2 is 1.68 bits per heavy atom. The Morgan fingerprint density at radius 1 is 1.04 bits per heavy atom. The molecule has 1 N–H and O–H groups in total. The third-order valence-electron chi connectivity index (χ3n) is 5.21. The Morgan fingerprint density at radius 3 is 2.25 bits per heavy atom. The van der Waals surface area contributed by atoms with Gasteiger partial charge in [-0.25, -0.2) is 4.68 Å². The number of aromatic hydroxyl groups is 1. The van der Waals surface area contributed by atoms with Gasteiger partial charge in [-0.15, -0.1) is 0 Å². The van der Waals surface area contributed by atoms with Crippen LogP contribution in [0.1, 0.15) is 36.2 Å². The van der Waals surface area contributed by atoms with Crippen molar-refractivity contribution in [3.05, 3.63) is 68.1 Å². The van der Waals surface area contributed by atoms with E-state index in [4.69, 9.17) is 11.6 Å². The second-order valence-corrected chi connectivity index (χ2v) is 7.47. The Labute approximate surface area is 170 Å². The predicted octanol–water partition coefficient (Wildman–Crippen LogP) is 5.21. The van der Waals surface area contributed by atoms with E-state index in [1.165, 1.54) is 4.68 Å². The molecule has 3 rings (SSSR count). The molecule has 2 aromatic carbocycles. The Hall–Kier alpha value is -2.59. The van der Waals surface area contributed by atoms with Crippen molar-refractivity contribution in [1.82, 2.24) is 9.78 Å². The molecule has 0 bridgehead atoms. The first-order valence-corrected chi connectivity index (χ1v) is 9.86. The summed E-state index contributed by atoms with van der Waals surface area (Å²) in [5.74, 6) is -0.0431. The minimum atomic E-state index is -0.293. The highest BCUT2D eigenvalue weighted by Crippen LogP contribution is 2.40. The lowest BCUT2D eigenvalue weighted by molar-refractivity contribution is 0.460. The lowest BCUT2D eigenvalue weighted by atomic mass is 9.83. The van der Waals surface area contributed by atoms with E-state index in [0.717, 1.165) is 46.2 Å². The van der Waals surface area contributed by atoms with Crippen molar-refractivity contribution in [3.63, 3.8) is 0 Å². The van der Waals surface area contributed by atoms with Crippen LogP contribution in [0.5, 0.6) is 5.75 Å². The number of hydrogen-bond acceptors (Lipinski definition) is 3. The van der Waals surface area contributed by atoms with E-state index in [-0.39, 0.29) is 11.3 Å². The van der Waals surface area contributed by atoms with Crippen LogP contribution in [-0.2, 0) is 19.9 Å². The smallest absolute Gasteiger partial charge is 0.278 e. The summed E-state index contributed by atoms with van der Waals surface area (Å²) in [6.07, 6.45) is 1.49. The topological polar surface area (TPSA) is 55.1 Å². The van der Waals surface area contributed by atoms with Gasteiger partial charge in [-0.2, -0.15) is 5.10 Å². The highest BCUT2D eigenvalue weighted by atomic mass is 35.5. The SMILES string of the molecule is CCc1cc(C)c(-c2ccc(Cl)cc2)c(CC)c1-c1c(O)c(C)nn(C)c1=O. The van der Waals surface area contributed by atoms with Crippen LogP contribution >= 0.6 is 11.6 Å². The lowest BCUT2D eigenvalue weighted by Gasteiger charge is -2.21. The van der Waals surface area contributed by atoms with Crippen LogP contribution in [0.2, 0.25) is 5.02 Å². The van der Waals surface area contributed by atoms with Crippen molar-refractivity contribution in [2.75, 3.05) is 0 Å². The molecule has 146 valence electrons. The van der Waals surface area contributed by atoms with Crippen LogP contribution in [0.4, 0.5) is 0 Å². The molecule has 1 heterocycles. The molecule has 0 spiro atoms. The van der Waals surface area contributed by atoms with Crippen LogP contribution in [0.3, 0.4) is 0 Å². The molecule has 0 radical (unpaired) electrons. The lowest BCUT2D eigenvalue weighted by Crippen LogP contribution is -2.23. The zero-order valence-corrected chi connectivity index (χ0v) is 17.7. The first-order chi connectivity index (χ1) is 13.3. The van der Waals surface area contributed by atoms with E-state index in [1.807, 2.05) is 24.3 Å². The summed E-state index contributed by atoms with van der Waals surface area (Å²) in [7, 11) is 1.61. The van der Waals surface area contributed by atoms with Gasteiger partial charge >= 0.3 is 0 Å². The number of halogens is 1. The van der Waals surface area contributed by atoms with Gasteiger partial charge in [0.05, 0.1) is 5.56 Å². The zero-order valence-electron chi connectivity index (χ0n) is 16.9. The first-order valence-electron chi connectivity index (χ1n) is 9.48. The standard InChI is InChI=1S/C23H25ClN2O2/c1-6-15-12-13(3)19(16-8-10-17(24)11-9-16)18(7-2)20(15)21-22(27)14(4)25-26(5)23(21)28/h8-12,27H,6-7H2,1-5H3. The second-order valence-electron chi connectivity index (χ2n) is 7.03. The first kappa shape index (κ1) is 20.2. The Bertz CT molecular complexity index is 1100. The minimum Gasteiger partial charge on any atom is -0.505 e. The fourth-order valence-corrected chi connectivity index (χ4v) is 4.04. The van der Waals surface area contributed by atoms with Crippen molar-refractivity contribution in [1.29, 1.82) is 0 Å². The Balaban J connectivity index is 2.48. The summed E-state index contributed by atoms with van der Waals surface area (Å²) in [5, 5.41) is 15.6. The van der Waals surface area contributed by atoms with Gasteiger partial charge in [0, 0.05) is 12.1 Å². The predicted molar refractivity (Wildman–Crippen MR) is 115 cm³/mol. The number of rotatable bonds is 4. The van der Waals surface area contributed by atoms with Gasteiger partial charge in [-0.05, 0) is 72.2 Å². The van der Waals surface area contributed by atoms with E-state index in [0.29, 0.717) is 16.3 Å². The summed E-state index contributed by atoms with van der Waals surface area (Å²) in [6, 6.07) is 9.85. The quantitative estimate of drug-likeness (QED) is 0.658. The fourth-order valence-electron chi connectivity index (χ4n) is 3.91. The molecule has 0 fully saturated rings. The maximum absolute atomic E-state index is 13.0. The van der Waals surface area contributed by atoms with Gasteiger partial charge in [-0.3, -0.25) is 4.79 Å². The fraction of sp³-hybridized carbons (Fsp3) is 0.304. The van der Waals surface area contributed by atoms with E-state index < -0.39 is 0 Å². The molecule has 0 aliphatic carbocycles. The van der Waals surface area contributed by atoms with E-state index >= 15 is 0 Å². The maximum Gasteiger partial charge on any atom is 0.278 e. The van der Waals surface area contributed by atoms with Crippen molar-refractivity contribution in [3.8, 4) is 28.0 Å². The number of benzene rings is 2. The monoisotopic (exact) mass is 396 g/mol. The van der Waals surface area contributed by atoms with Crippen molar-refractivity contribution >= 4 is 11.6 Å². The molecular weight excluding hydrogens is 372 g/mol. The van der Waals surface area contributed by atoms with Crippen LogP contribution < -0.4 is 5.56 Å². The van der Waals surface area contributed by atoms with Crippen molar-refractivity contribution < 1.29 is 5.11 Å². The average Bonchev–Trinajstić information content (AvgIpc) is 2.67. The number of nitrogens with zero attached hydrogens (tertiary/aromatic N) is 2. The molecule has 0 saturated heterocycles.